The van der Waals surface area contributed by atoms with E-state index >= 15 is 0 Å². The molecule has 3 rings (SSSR count). The quantitative estimate of drug-likeness (QED) is 0.875. The van der Waals surface area contributed by atoms with Gasteiger partial charge in [-0.3, -0.25) is 0 Å². The lowest BCUT2D eigenvalue weighted by Crippen LogP contribution is -2.39. The van der Waals surface area contributed by atoms with Gasteiger partial charge in [-0.2, -0.15) is 0 Å². The first-order valence-corrected chi connectivity index (χ1v) is 9.04. The number of aliphatic hydroxyl groups excluding tert-OH is 1. The molecule has 5 nitrogen and oxygen atoms in total. The van der Waals surface area contributed by atoms with Crippen LogP contribution >= 0.6 is 0 Å². The van der Waals surface area contributed by atoms with E-state index < -0.39 is 0 Å². The van der Waals surface area contributed by atoms with Crippen LogP contribution in [0, 0.1) is 12.8 Å². The van der Waals surface area contributed by atoms with E-state index in [1.807, 2.05) is 13.0 Å². The number of aryl methyl sites for hydroxylation is 1. The normalized spacial score (nSPS) is 18.2. The summed E-state index contributed by atoms with van der Waals surface area (Å²) in [6.45, 7) is 9.29. The number of hydrogen-bond donors (Lipinski definition) is 2. The van der Waals surface area contributed by atoms with Crippen molar-refractivity contribution in [3.8, 4) is 0 Å². The van der Waals surface area contributed by atoms with Gasteiger partial charge in [-0.25, -0.2) is 9.97 Å². The lowest BCUT2D eigenvalue weighted by Gasteiger charge is -2.36. The Labute approximate surface area is 150 Å². The van der Waals surface area contributed by atoms with Crippen LogP contribution in [0.5, 0.6) is 0 Å². The first-order chi connectivity index (χ1) is 12.0. The molecular formula is C20H28N4O. The van der Waals surface area contributed by atoms with Gasteiger partial charge in [0, 0.05) is 18.7 Å². The minimum atomic E-state index is -0.0124. The zero-order valence-electron chi connectivity index (χ0n) is 15.5. The molecule has 0 bridgehead atoms. The smallest absolute Gasteiger partial charge is 0.134 e. The van der Waals surface area contributed by atoms with Gasteiger partial charge in [0.2, 0.25) is 0 Å². The third kappa shape index (κ3) is 3.93. The summed E-state index contributed by atoms with van der Waals surface area (Å²) >= 11 is 0. The minimum absolute atomic E-state index is 0.0124. The molecule has 0 unspecified atom stereocenters. The van der Waals surface area contributed by atoms with E-state index in [0.717, 1.165) is 30.4 Å². The number of aromatic nitrogens is 2. The van der Waals surface area contributed by atoms with E-state index in [0.29, 0.717) is 12.0 Å². The first-order valence-electron chi connectivity index (χ1n) is 9.04. The number of hydrogen-bond acceptors (Lipinski definition) is 5. The molecule has 0 aliphatic carbocycles. The molecule has 134 valence electrons. The van der Waals surface area contributed by atoms with Crippen LogP contribution in [0.15, 0.2) is 30.3 Å². The SMILES string of the molecule is Cc1nc(N[C@H](CO)C(C)C)cc(N2Cc3ccccc3C[C@H]2C)n1. The molecule has 2 heterocycles. The Balaban J connectivity index is 1.87. The summed E-state index contributed by atoms with van der Waals surface area (Å²) in [6.07, 6.45) is 1.02. The van der Waals surface area contributed by atoms with Gasteiger partial charge in [-0.05, 0) is 37.3 Å². The highest BCUT2D eigenvalue weighted by atomic mass is 16.3. The highest BCUT2D eigenvalue weighted by molar-refractivity contribution is 5.52. The third-order valence-corrected chi connectivity index (χ3v) is 4.96. The highest BCUT2D eigenvalue weighted by Crippen LogP contribution is 2.28. The number of rotatable bonds is 5. The second-order valence-electron chi connectivity index (χ2n) is 7.29. The van der Waals surface area contributed by atoms with Gasteiger partial charge in [0.05, 0.1) is 12.6 Å². The van der Waals surface area contributed by atoms with E-state index in [1.54, 1.807) is 0 Å². The van der Waals surface area contributed by atoms with E-state index in [4.69, 9.17) is 0 Å². The second-order valence-corrected chi connectivity index (χ2v) is 7.29. The molecule has 0 fully saturated rings. The molecule has 1 aromatic heterocycles. The molecule has 0 saturated carbocycles. The van der Waals surface area contributed by atoms with Crippen molar-refractivity contribution in [2.24, 2.45) is 5.92 Å². The summed E-state index contributed by atoms with van der Waals surface area (Å²) in [5.74, 6) is 2.79. The number of nitrogens with one attached hydrogen (secondary N) is 1. The van der Waals surface area contributed by atoms with Gasteiger partial charge in [0.25, 0.3) is 0 Å². The predicted octanol–water partition coefficient (Wildman–Crippen LogP) is 3.17. The van der Waals surface area contributed by atoms with Crippen LogP contribution in [0.25, 0.3) is 0 Å². The molecule has 1 aromatic carbocycles. The summed E-state index contributed by atoms with van der Waals surface area (Å²) in [7, 11) is 0. The zero-order chi connectivity index (χ0) is 18.0. The molecule has 0 spiro atoms. The third-order valence-electron chi connectivity index (χ3n) is 4.96. The van der Waals surface area contributed by atoms with Crippen molar-refractivity contribution in [3.05, 3.63) is 47.3 Å². The summed E-state index contributed by atoms with van der Waals surface area (Å²) in [6, 6.07) is 11.0. The standard InChI is InChI=1S/C20H28N4O/c1-13(2)18(12-25)23-19-10-20(22-15(4)21-19)24-11-17-8-6-5-7-16(17)9-14(24)3/h5-8,10,13-14,18,25H,9,11-12H2,1-4H3,(H,21,22,23)/t14-,18-/m1/s1. The predicted molar refractivity (Wildman–Crippen MR) is 102 cm³/mol. The first kappa shape index (κ1) is 17.7. The van der Waals surface area contributed by atoms with Gasteiger partial charge in [-0.1, -0.05) is 38.1 Å². The van der Waals surface area contributed by atoms with E-state index in [2.05, 4.69) is 65.2 Å². The Bertz CT molecular complexity index is 731. The highest BCUT2D eigenvalue weighted by Gasteiger charge is 2.24. The van der Waals surface area contributed by atoms with Crippen molar-refractivity contribution in [3.63, 3.8) is 0 Å². The molecule has 0 radical (unpaired) electrons. The van der Waals surface area contributed by atoms with Crippen LogP contribution in [-0.4, -0.2) is 33.8 Å². The average Bonchev–Trinajstić information content (AvgIpc) is 2.58. The van der Waals surface area contributed by atoms with Crippen molar-refractivity contribution >= 4 is 11.6 Å². The summed E-state index contributed by atoms with van der Waals surface area (Å²) < 4.78 is 0. The Morgan fingerprint density at radius 2 is 1.96 bits per heavy atom. The van der Waals surface area contributed by atoms with Crippen molar-refractivity contribution in [1.29, 1.82) is 0 Å². The molecular weight excluding hydrogens is 312 g/mol. The maximum atomic E-state index is 9.58. The molecule has 0 amide bonds. The van der Waals surface area contributed by atoms with Gasteiger partial charge in [0.15, 0.2) is 0 Å². The number of benzene rings is 1. The Kier molecular flexibility index (Phi) is 5.23. The molecule has 1 aliphatic heterocycles. The minimum Gasteiger partial charge on any atom is -0.394 e. The molecule has 1 aliphatic rings. The number of aliphatic hydroxyl groups is 1. The van der Waals surface area contributed by atoms with Crippen LogP contribution in [-0.2, 0) is 13.0 Å². The average molecular weight is 340 g/mol. The fourth-order valence-electron chi connectivity index (χ4n) is 3.37. The zero-order valence-corrected chi connectivity index (χ0v) is 15.5. The molecule has 2 atom stereocenters. The van der Waals surface area contributed by atoms with Gasteiger partial charge in [-0.15, -0.1) is 0 Å². The van der Waals surface area contributed by atoms with E-state index in [1.165, 1.54) is 11.1 Å². The molecule has 25 heavy (non-hydrogen) atoms. The topological polar surface area (TPSA) is 61.3 Å². The van der Waals surface area contributed by atoms with Crippen LogP contribution in [0.2, 0.25) is 0 Å². The van der Waals surface area contributed by atoms with Crippen molar-refractivity contribution in [2.75, 3.05) is 16.8 Å². The summed E-state index contributed by atoms with van der Waals surface area (Å²) in [4.78, 5) is 11.5. The number of anilines is 2. The van der Waals surface area contributed by atoms with Crippen LogP contribution in [0.4, 0.5) is 11.6 Å². The maximum absolute atomic E-state index is 9.58. The van der Waals surface area contributed by atoms with Gasteiger partial charge >= 0.3 is 0 Å². The fourth-order valence-corrected chi connectivity index (χ4v) is 3.37. The molecule has 5 heteroatoms. The van der Waals surface area contributed by atoms with Gasteiger partial charge < -0.3 is 15.3 Å². The van der Waals surface area contributed by atoms with E-state index in [9.17, 15) is 5.11 Å². The monoisotopic (exact) mass is 340 g/mol. The Hall–Kier alpha value is -2.14. The lowest BCUT2D eigenvalue weighted by molar-refractivity contribution is 0.249. The van der Waals surface area contributed by atoms with E-state index in [-0.39, 0.29) is 12.6 Å². The number of nitrogens with zero attached hydrogens (tertiary/aromatic N) is 3. The summed E-state index contributed by atoms with van der Waals surface area (Å²) in [5, 5.41) is 12.9. The summed E-state index contributed by atoms with van der Waals surface area (Å²) in [5.41, 5.74) is 2.79. The Morgan fingerprint density at radius 3 is 2.64 bits per heavy atom. The molecule has 2 N–H and O–H groups in total. The van der Waals surface area contributed by atoms with Crippen molar-refractivity contribution in [1.82, 2.24) is 9.97 Å². The fraction of sp³-hybridized carbons (Fsp3) is 0.500. The largest absolute Gasteiger partial charge is 0.394 e. The molecule has 0 saturated heterocycles. The number of fused-ring (bicyclic) bond motifs is 1. The second kappa shape index (κ2) is 7.40. The Morgan fingerprint density at radius 1 is 1.24 bits per heavy atom. The molecule has 2 aromatic rings. The van der Waals surface area contributed by atoms with Crippen LogP contribution < -0.4 is 10.2 Å². The van der Waals surface area contributed by atoms with Gasteiger partial charge in [0.1, 0.15) is 17.5 Å². The van der Waals surface area contributed by atoms with Crippen molar-refractivity contribution < 1.29 is 5.11 Å². The van der Waals surface area contributed by atoms with Crippen molar-refractivity contribution in [2.45, 2.75) is 52.7 Å². The lowest BCUT2D eigenvalue weighted by atomic mass is 9.95. The van der Waals surface area contributed by atoms with Crippen LogP contribution in [0.3, 0.4) is 0 Å². The van der Waals surface area contributed by atoms with Crippen LogP contribution in [0.1, 0.15) is 37.7 Å². The maximum Gasteiger partial charge on any atom is 0.134 e.